The summed E-state index contributed by atoms with van der Waals surface area (Å²) in [6.45, 7) is 2.49. The highest BCUT2D eigenvalue weighted by atomic mass is 35.5. The lowest BCUT2D eigenvalue weighted by molar-refractivity contribution is -0.139. The number of nitrogens with zero attached hydrogens (tertiary/aromatic N) is 2. The van der Waals surface area contributed by atoms with E-state index >= 15 is 0 Å². The van der Waals surface area contributed by atoms with Gasteiger partial charge in [-0.3, -0.25) is 13.9 Å². The Hall–Kier alpha value is -3.14. The average molecular weight is 566 g/mol. The molecule has 3 aromatic rings. The molecule has 0 spiro atoms. The van der Waals surface area contributed by atoms with Crippen LogP contribution in [0.3, 0.4) is 0 Å². The van der Waals surface area contributed by atoms with Gasteiger partial charge >= 0.3 is 0 Å². The molecule has 2 amide bonds. The summed E-state index contributed by atoms with van der Waals surface area (Å²) in [5.74, 6) is -2.00. The van der Waals surface area contributed by atoms with Crippen LogP contribution in [0, 0.1) is 12.7 Å². The molecular formula is C26H26Cl2FN3O4S. The summed E-state index contributed by atoms with van der Waals surface area (Å²) in [5, 5.41) is 3.07. The molecule has 37 heavy (non-hydrogen) atoms. The van der Waals surface area contributed by atoms with E-state index in [1.807, 2.05) is 0 Å². The van der Waals surface area contributed by atoms with E-state index in [0.717, 1.165) is 11.6 Å². The third-order valence-electron chi connectivity index (χ3n) is 5.76. The summed E-state index contributed by atoms with van der Waals surface area (Å²) < 4.78 is 42.8. The van der Waals surface area contributed by atoms with Crippen LogP contribution in [0.4, 0.5) is 10.1 Å². The molecule has 11 heteroatoms. The highest BCUT2D eigenvalue weighted by Gasteiger charge is 2.33. The second kappa shape index (κ2) is 11.9. The predicted octanol–water partition coefficient (Wildman–Crippen LogP) is 4.80. The number of carbonyl (C=O) groups is 2. The fourth-order valence-electron chi connectivity index (χ4n) is 3.63. The Morgan fingerprint density at radius 3 is 2.24 bits per heavy atom. The highest BCUT2D eigenvalue weighted by molar-refractivity contribution is 7.92. The van der Waals surface area contributed by atoms with Gasteiger partial charge in [-0.15, -0.1) is 0 Å². The van der Waals surface area contributed by atoms with E-state index < -0.39 is 40.2 Å². The maximum atomic E-state index is 14.8. The number of aryl methyl sites for hydroxylation is 1. The van der Waals surface area contributed by atoms with Crippen LogP contribution in [0.25, 0.3) is 0 Å². The minimum absolute atomic E-state index is 0.0694. The number of halogens is 3. The molecule has 0 aromatic heterocycles. The molecule has 7 nitrogen and oxygen atoms in total. The van der Waals surface area contributed by atoms with Crippen molar-refractivity contribution in [2.45, 2.75) is 31.3 Å². The Labute approximate surface area is 225 Å². The van der Waals surface area contributed by atoms with Crippen molar-refractivity contribution in [3.63, 3.8) is 0 Å². The Kier molecular flexibility index (Phi) is 9.17. The van der Waals surface area contributed by atoms with Crippen LogP contribution in [0.1, 0.15) is 18.1 Å². The lowest BCUT2D eigenvalue weighted by atomic mass is 10.1. The minimum Gasteiger partial charge on any atom is -0.357 e. The zero-order valence-corrected chi connectivity index (χ0v) is 22.7. The number of hydrogen-bond acceptors (Lipinski definition) is 4. The van der Waals surface area contributed by atoms with Crippen molar-refractivity contribution in [2.24, 2.45) is 0 Å². The number of rotatable bonds is 9. The second-order valence-electron chi connectivity index (χ2n) is 8.34. The van der Waals surface area contributed by atoms with E-state index in [1.165, 1.54) is 49.2 Å². The molecule has 3 aromatic carbocycles. The van der Waals surface area contributed by atoms with Gasteiger partial charge in [-0.2, -0.15) is 0 Å². The van der Waals surface area contributed by atoms with Gasteiger partial charge in [0.05, 0.1) is 20.6 Å². The minimum atomic E-state index is -4.35. The third-order valence-corrected chi connectivity index (χ3v) is 8.27. The van der Waals surface area contributed by atoms with Gasteiger partial charge in [-0.1, -0.05) is 59.1 Å². The van der Waals surface area contributed by atoms with E-state index in [4.69, 9.17) is 23.2 Å². The monoisotopic (exact) mass is 565 g/mol. The number of hydrogen-bond donors (Lipinski definition) is 1. The second-order valence-corrected chi connectivity index (χ2v) is 11.0. The number of likely N-dealkylation sites (N-methyl/N-ethyl adjacent to an activating group) is 1. The van der Waals surface area contributed by atoms with Crippen LogP contribution in [0.5, 0.6) is 0 Å². The molecular weight excluding hydrogens is 540 g/mol. The number of benzene rings is 3. The average Bonchev–Trinajstić information content (AvgIpc) is 2.87. The smallest absolute Gasteiger partial charge is 0.264 e. The first kappa shape index (κ1) is 28.4. The number of anilines is 1. The molecule has 0 heterocycles. The van der Waals surface area contributed by atoms with Crippen molar-refractivity contribution in [2.75, 3.05) is 17.9 Å². The Balaban J connectivity index is 2.05. The summed E-state index contributed by atoms with van der Waals surface area (Å²) in [5.41, 5.74) is 1.11. The van der Waals surface area contributed by atoms with Crippen LogP contribution in [-0.2, 0) is 26.2 Å². The molecule has 1 atom stereocenters. The quantitative estimate of drug-likeness (QED) is 0.403. The van der Waals surface area contributed by atoms with Gasteiger partial charge in [-0.25, -0.2) is 12.8 Å². The molecule has 1 N–H and O–H groups in total. The van der Waals surface area contributed by atoms with Crippen LogP contribution in [0.2, 0.25) is 10.0 Å². The van der Waals surface area contributed by atoms with E-state index in [9.17, 15) is 22.4 Å². The maximum Gasteiger partial charge on any atom is 0.264 e. The summed E-state index contributed by atoms with van der Waals surface area (Å²) in [7, 11) is -2.93. The van der Waals surface area contributed by atoms with Crippen LogP contribution < -0.4 is 9.62 Å². The normalized spacial score (nSPS) is 12.1. The molecule has 0 aliphatic carbocycles. The van der Waals surface area contributed by atoms with Crippen molar-refractivity contribution in [1.82, 2.24) is 10.2 Å². The van der Waals surface area contributed by atoms with Crippen molar-refractivity contribution in [3.05, 3.63) is 93.7 Å². The molecule has 0 fully saturated rings. The van der Waals surface area contributed by atoms with E-state index in [2.05, 4.69) is 5.32 Å². The first-order valence-electron chi connectivity index (χ1n) is 11.2. The first-order chi connectivity index (χ1) is 17.4. The Morgan fingerprint density at radius 1 is 1.00 bits per heavy atom. The fourth-order valence-corrected chi connectivity index (χ4v) is 5.37. The molecule has 0 saturated carbocycles. The number of amides is 2. The van der Waals surface area contributed by atoms with E-state index in [-0.39, 0.29) is 22.2 Å². The van der Waals surface area contributed by atoms with Crippen molar-refractivity contribution >= 4 is 50.7 Å². The van der Waals surface area contributed by atoms with Gasteiger partial charge in [0.15, 0.2) is 0 Å². The summed E-state index contributed by atoms with van der Waals surface area (Å²) >= 11 is 12.1. The van der Waals surface area contributed by atoms with Crippen molar-refractivity contribution in [1.29, 1.82) is 0 Å². The molecule has 0 aliphatic heterocycles. The molecule has 3 rings (SSSR count). The van der Waals surface area contributed by atoms with Gasteiger partial charge in [0.1, 0.15) is 18.4 Å². The molecule has 0 bridgehead atoms. The number of sulfonamides is 1. The topological polar surface area (TPSA) is 86.8 Å². The lowest BCUT2D eigenvalue weighted by Gasteiger charge is -2.32. The summed E-state index contributed by atoms with van der Waals surface area (Å²) in [6, 6.07) is 15.1. The third kappa shape index (κ3) is 6.60. The zero-order chi connectivity index (χ0) is 27.3. The zero-order valence-electron chi connectivity index (χ0n) is 20.4. The van der Waals surface area contributed by atoms with Gasteiger partial charge in [-0.05, 0) is 55.8 Å². The standard InChI is InChI=1S/C26H26Cl2FN3O4S/c1-17-8-11-20(12-9-17)37(35,36)32(24-7-5-4-6-23(24)29)16-25(33)31(18(2)26(34)30-3)15-19-10-13-21(27)22(28)14-19/h4-14,18H,15-16H2,1-3H3,(H,30,34)/t18-/m0/s1. The fraction of sp³-hybridized carbons (Fsp3) is 0.231. The number of nitrogens with one attached hydrogen (secondary N) is 1. The van der Waals surface area contributed by atoms with Gasteiger partial charge in [0, 0.05) is 13.6 Å². The molecule has 0 radical (unpaired) electrons. The van der Waals surface area contributed by atoms with Gasteiger partial charge in [0.25, 0.3) is 10.0 Å². The van der Waals surface area contributed by atoms with E-state index in [0.29, 0.717) is 14.9 Å². The molecule has 0 unspecified atom stereocenters. The number of carbonyl (C=O) groups excluding carboxylic acids is 2. The van der Waals surface area contributed by atoms with Crippen molar-refractivity contribution < 1.29 is 22.4 Å². The van der Waals surface area contributed by atoms with Crippen LogP contribution in [-0.4, -0.2) is 44.8 Å². The summed E-state index contributed by atoms with van der Waals surface area (Å²) in [4.78, 5) is 27.2. The summed E-state index contributed by atoms with van der Waals surface area (Å²) in [6.07, 6.45) is 0. The highest BCUT2D eigenvalue weighted by Crippen LogP contribution is 2.28. The number of para-hydroxylation sites is 1. The van der Waals surface area contributed by atoms with Crippen molar-refractivity contribution in [3.8, 4) is 0 Å². The van der Waals surface area contributed by atoms with Gasteiger partial charge in [0.2, 0.25) is 11.8 Å². The largest absolute Gasteiger partial charge is 0.357 e. The Morgan fingerprint density at radius 2 is 1.65 bits per heavy atom. The Bertz CT molecular complexity index is 1400. The van der Waals surface area contributed by atoms with E-state index in [1.54, 1.807) is 37.3 Å². The molecule has 0 aliphatic rings. The first-order valence-corrected chi connectivity index (χ1v) is 13.4. The molecule has 0 saturated heterocycles. The predicted molar refractivity (Wildman–Crippen MR) is 143 cm³/mol. The van der Waals surface area contributed by atoms with Crippen LogP contribution >= 0.6 is 23.2 Å². The maximum absolute atomic E-state index is 14.8. The van der Waals surface area contributed by atoms with Gasteiger partial charge < -0.3 is 10.2 Å². The SMILES string of the molecule is CNC(=O)[C@H](C)N(Cc1ccc(Cl)c(Cl)c1)C(=O)CN(c1ccccc1F)S(=O)(=O)c1ccc(C)cc1. The van der Waals surface area contributed by atoms with Crippen LogP contribution in [0.15, 0.2) is 71.6 Å². The lowest BCUT2D eigenvalue weighted by Crippen LogP contribution is -2.50. The molecule has 196 valence electrons.